The van der Waals surface area contributed by atoms with E-state index >= 15 is 0 Å². The molecule has 3 amide bonds. The van der Waals surface area contributed by atoms with Crippen molar-refractivity contribution >= 4 is 65.3 Å². The first kappa shape index (κ1) is 66.8. The molecule has 0 saturated carbocycles. The maximum Gasteiger partial charge on any atom is 0.323 e. The molecular weight excluding hydrogens is 969 g/mol. The molecule has 0 aliphatic rings. The highest BCUT2D eigenvalue weighted by molar-refractivity contribution is 5.91. The largest absolute Gasteiger partial charge is 0.480 e. The fourth-order valence-electron chi connectivity index (χ4n) is 6.31. The van der Waals surface area contributed by atoms with Crippen LogP contribution in [0.3, 0.4) is 0 Å². The second-order valence-electron chi connectivity index (χ2n) is 16.5. The van der Waals surface area contributed by atoms with Gasteiger partial charge in [0.25, 0.3) is 0 Å². The van der Waals surface area contributed by atoms with Crippen LogP contribution in [0.2, 0.25) is 0 Å². The molecule has 0 aromatic heterocycles. The Bertz CT molecular complexity index is 1940. The summed E-state index contributed by atoms with van der Waals surface area (Å²) >= 11 is 0. The zero-order valence-corrected chi connectivity index (χ0v) is 43.1. The van der Waals surface area contributed by atoms with E-state index in [9.17, 15) is 52.7 Å². The zero-order chi connectivity index (χ0) is 55.4. The first-order valence-electron chi connectivity index (χ1n) is 24.5. The average Bonchev–Trinajstić information content (AvgIpc) is 3.39. The van der Waals surface area contributed by atoms with Crippen molar-refractivity contribution in [2.45, 2.75) is 129 Å². The number of benzene rings is 2. The number of amides is 3. The van der Waals surface area contributed by atoms with E-state index < -0.39 is 54.7 Å². The van der Waals surface area contributed by atoms with Gasteiger partial charge in [-0.2, -0.15) is 0 Å². The van der Waals surface area contributed by atoms with Gasteiger partial charge in [-0.25, -0.2) is 0 Å². The molecule has 412 valence electrons. The lowest BCUT2D eigenvalue weighted by Crippen LogP contribution is -2.43. The third kappa shape index (κ3) is 38.4. The maximum absolute atomic E-state index is 12.9. The van der Waals surface area contributed by atoms with Crippen molar-refractivity contribution in [1.82, 2.24) is 15.1 Å². The highest BCUT2D eigenvalue weighted by atomic mass is 16.5. The number of hydrogen-bond donors (Lipinski definition) is 4. The molecular formula is C52H76N4O18. The number of carboxylic acid groups (broad SMARTS) is 2. The molecule has 74 heavy (non-hydrogen) atoms. The van der Waals surface area contributed by atoms with Crippen LogP contribution in [0.25, 0.3) is 0 Å². The first-order chi connectivity index (χ1) is 35.4. The van der Waals surface area contributed by atoms with Crippen molar-refractivity contribution in [2.24, 2.45) is 5.73 Å². The van der Waals surface area contributed by atoms with Crippen LogP contribution in [-0.4, -0.2) is 146 Å². The average molecular weight is 1050 g/mol. The van der Waals surface area contributed by atoms with E-state index in [0.29, 0.717) is 62.9 Å². The number of nitrogens with one attached hydrogen (secondary N) is 1. The van der Waals surface area contributed by atoms with Crippen molar-refractivity contribution in [3.63, 3.8) is 0 Å². The molecule has 0 spiro atoms. The number of carbonyl (C=O) groups excluding carboxylic acids is 9. The van der Waals surface area contributed by atoms with E-state index in [-0.39, 0.29) is 82.1 Å². The molecule has 2 aromatic rings. The Morgan fingerprint density at radius 1 is 0.446 bits per heavy atom. The molecule has 0 heterocycles. The maximum atomic E-state index is 12.9. The first-order valence-corrected chi connectivity index (χ1v) is 24.5. The monoisotopic (exact) mass is 1040 g/mol. The van der Waals surface area contributed by atoms with Crippen molar-refractivity contribution in [3.05, 3.63) is 71.8 Å². The Morgan fingerprint density at radius 3 is 1.22 bits per heavy atom. The number of unbranched alkanes of at least 4 members (excludes halogenated alkanes) is 7. The minimum atomic E-state index is -1.33. The number of aliphatic carboxylic acids is 2. The molecule has 0 saturated heterocycles. The van der Waals surface area contributed by atoms with Crippen LogP contribution >= 0.6 is 0 Å². The summed E-state index contributed by atoms with van der Waals surface area (Å²) in [5.41, 5.74) is 6.88. The van der Waals surface area contributed by atoms with Crippen molar-refractivity contribution in [3.8, 4) is 0 Å². The van der Waals surface area contributed by atoms with Gasteiger partial charge in [-0.15, -0.1) is 0 Å². The predicted molar refractivity (Wildman–Crippen MR) is 267 cm³/mol. The number of ether oxygens (including phenoxy) is 5. The summed E-state index contributed by atoms with van der Waals surface area (Å²) in [7, 11) is 4.09. The van der Waals surface area contributed by atoms with Gasteiger partial charge >= 0.3 is 41.8 Å². The van der Waals surface area contributed by atoms with Crippen LogP contribution < -0.4 is 11.1 Å². The minimum absolute atomic E-state index is 0.0713. The predicted octanol–water partition coefficient (Wildman–Crippen LogP) is 4.46. The summed E-state index contributed by atoms with van der Waals surface area (Å²) in [5, 5.41) is 20.0. The van der Waals surface area contributed by atoms with Gasteiger partial charge in [-0.3, -0.25) is 52.7 Å². The minimum Gasteiger partial charge on any atom is -0.480 e. The molecule has 0 unspecified atom stereocenters. The van der Waals surface area contributed by atoms with Crippen molar-refractivity contribution < 1.29 is 86.6 Å². The highest BCUT2D eigenvalue weighted by Crippen LogP contribution is 2.10. The Kier molecular flexibility index (Phi) is 39.1. The molecule has 2 rings (SSSR count). The third-order valence-corrected chi connectivity index (χ3v) is 10.4. The topological polar surface area (TPSA) is 319 Å². The fraction of sp³-hybridized carbons (Fsp3) is 0.558. The number of ketones is 1. The molecule has 0 fully saturated rings. The van der Waals surface area contributed by atoms with Crippen LogP contribution in [0, 0.1) is 0 Å². The molecule has 0 radical (unpaired) electrons. The highest BCUT2D eigenvalue weighted by Gasteiger charge is 2.22. The molecule has 0 bridgehead atoms. The van der Waals surface area contributed by atoms with Gasteiger partial charge in [0.05, 0.1) is 47.3 Å². The van der Waals surface area contributed by atoms with Gasteiger partial charge in [0.2, 0.25) is 17.7 Å². The summed E-state index contributed by atoms with van der Waals surface area (Å²) in [6, 6.07) is 18.1. The van der Waals surface area contributed by atoms with Gasteiger partial charge in [0, 0.05) is 45.1 Å². The number of carboxylic acids is 2. The summed E-state index contributed by atoms with van der Waals surface area (Å²) in [6.45, 7) is -0.750. The zero-order valence-electron chi connectivity index (χ0n) is 43.1. The Balaban J connectivity index is 0.00000134. The smallest absolute Gasteiger partial charge is 0.323 e. The number of Topliss-reactive ketones (excluding diaryl/α,β-unsaturated/α-hetero) is 1. The normalized spacial score (nSPS) is 10.1. The summed E-state index contributed by atoms with van der Waals surface area (Å²) < 4.78 is 23.9. The van der Waals surface area contributed by atoms with Gasteiger partial charge in [0.1, 0.15) is 26.3 Å². The van der Waals surface area contributed by atoms with Crippen LogP contribution in [0.15, 0.2) is 60.7 Å². The number of rotatable bonds is 36. The van der Waals surface area contributed by atoms with Crippen LogP contribution in [0.4, 0.5) is 0 Å². The van der Waals surface area contributed by atoms with Gasteiger partial charge in [-0.1, -0.05) is 86.3 Å². The van der Waals surface area contributed by atoms with E-state index in [1.54, 1.807) is 24.3 Å². The summed E-state index contributed by atoms with van der Waals surface area (Å²) in [5.74, 6) is -6.30. The van der Waals surface area contributed by atoms with Gasteiger partial charge in [0.15, 0.2) is 5.78 Å². The molecule has 0 aliphatic heterocycles. The fourth-order valence-corrected chi connectivity index (χ4v) is 6.31. The van der Waals surface area contributed by atoms with Crippen LogP contribution in [-0.2, 0) is 89.6 Å². The second kappa shape index (κ2) is 43.4. The van der Waals surface area contributed by atoms with E-state index in [0.717, 1.165) is 49.7 Å². The number of esters is 5. The molecule has 22 nitrogen and oxygen atoms in total. The SMILES string of the molecule is COC(=O)CCCCCCC(=O)CN(CC(=O)NCCCCCC(=O)OC)C(=O)CCC(=O)OCc1ccccc1.COC(=O)CCCCCN.O=C(O)CN(CC(=O)O)C(=O)CCC(=O)OCc1ccccc1. The molecule has 0 atom stereocenters. The summed E-state index contributed by atoms with van der Waals surface area (Å²) in [6.07, 6.45) is 8.23. The van der Waals surface area contributed by atoms with Crippen LogP contribution in [0.1, 0.15) is 127 Å². The number of nitrogens with two attached hydrogens (primary N) is 1. The molecule has 0 aliphatic carbocycles. The Hall–Kier alpha value is -7.23. The number of hydrogen-bond acceptors (Lipinski definition) is 17. The van der Waals surface area contributed by atoms with Crippen molar-refractivity contribution in [2.75, 3.05) is 60.6 Å². The van der Waals surface area contributed by atoms with Crippen LogP contribution in [0.5, 0.6) is 0 Å². The number of nitrogens with zero attached hydrogens (tertiary/aromatic N) is 2. The number of methoxy groups -OCH3 is 3. The quantitative estimate of drug-likeness (QED) is 0.0416. The van der Waals surface area contributed by atoms with E-state index in [1.807, 2.05) is 36.4 Å². The van der Waals surface area contributed by atoms with Gasteiger partial charge in [-0.05, 0) is 56.2 Å². The van der Waals surface area contributed by atoms with E-state index in [4.69, 9.17) is 25.4 Å². The molecule has 5 N–H and O–H groups in total. The summed E-state index contributed by atoms with van der Waals surface area (Å²) in [4.78, 5) is 129. The van der Waals surface area contributed by atoms with Gasteiger partial charge < -0.3 is 54.7 Å². The third-order valence-electron chi connectivity index (χ3n) is 10.4. The lowest BCUT2D eigenvalue weighted by molar-refractivity contribution is -0.151. The standard InChI is InChI=1S/C30H44N2O9.C15H17NO7.C7H15NO2/c1-39-28(36)16-10-4-3-9-15-25(33)21-32(22-26(34)31-20-12-6-11-17-29(37)40-2)27(35)18-19-30(38)41-23-24-13-7-5-8-14-24;17-12(16(8-13(18)19)9-14(20)21)6-7-15(22)23-10-11-4-2-1-3-5-11;1-10-7(9)5-3-2-4-6-8/h5,7-8,13-14H,3-4,6,9-12,15-23H2,1-2H3,(H,31,34);1-5H,6-10H2,(H,18,19)(H,20,21);2-6,8H2,1H3. The Labute approximate surface area is 432 Å². The lowest BCUT2D eigenvalue weighted by atomic mass is 10.1. The Morgan fingerprint density at radius 2 is 0.824 bits per heavy atom. The lowest BCUT2D eigenvalue weighted by Gasteiger charge is -2.21. The molecule has 2 aromatic carbocycles. The second-order valence-corrected chi connectivity index (χ2v) is 16.5. The molecule has 22 heteroatoms. The van der Waals surface area contributed by atoms with Crippen molar-refractivity contribution in [1.29, 1.82) is 0 Å². The number of carbonyl (C=O) groups is 11. The van der Waals surface area contributed by atoms with E-state index in [1.165, 1.54) is 26.2 Å². The van der Waals surface area contributed by atoms with E-state index in [2.05, 4.69) is 19.5 Å².